The zero-order valence-electron chi connectivity index (χ0n) is 4.92. The average molecular weight is 146 g/mol. The minimum Gasteiger partial charge on any atom is -0.411 e. The first-order valence-corrected chi connectivity index (χ1v) is 3.28. The number of halogens is 1. The van der Waals surface area contributed by atoms with Gasteiger partial charge < -0.3 is 5.21 Å². The molecule has 1 aliphatic carbocycles. The molecule has 0 fully saturated rings. The van der Waals surface area contributed by atoms with Crippen molar-refractivity contribution >= 4 is 17.3 Å². The minimum atomic E-state index is -0.0972. The van der Waals surface area contributed by atoms with Crippen LogP contribution in [0.2, 0.25) is 0 Å². The van der Waals surface area contributed by atoms with Gasteiger partial charge in [0.2, 0.25) is 0 Å². The number of hydrogen-bond acceptors (Lipinski definition) is 2. The molecule has 0 spiro atoms. The van der Waals surface area contributed by atoms with Crippen LogP contribution in [0.4, 0.5) is 0 Å². The summed E-state index contributed by atoms with van der Waals surface area (Å²) in [6.45, 7) is 0. The van der Waals surface area contributed by atoms with Gasteiger partial charge in [-0.25, -0.2) is 0 Å². The lowest BCUT2D eigenvalue weighted by molar-refractivity contribution is 0.316. The monoisotopic (exact) mass is 145 g/mol. The number of nitrogens with zero attached hydrogens (tertiary/aromatic N) is 1. The highest BCUT2D eigenvalue weighted by atomic mass is 35.5. The Bertz CT molecular complexity index is 153. The first-order valence-electron chi connectivity index (χ1n) is 2.84. The second kappa shape index (κ2) is 2.87. The maximum Gasteiger partial charge on any atom is 0.0789 e. The Morgan fingerprint density at radius 3 is 2.89 bits per heavy atom. The van der Waals surface area contributed by atoms with E-state index in [0.29, 0.717) is 12.1 Å². The van der Waals surface area contributed by atoms with Crippen LogP contribution in [0.5, 0.6) is 0 Å². The highest BCUT2D eigenvalue weighted by Gasteiger charge is 2.13. The van der Waals surface area contributed by atoms with Gasteiger partial charge in [-0.2, -0.15) is 0 Å². The summed E-state index contributed by atoms with van der Waals surface area (Å²) >= 11 is 5.74. The van der Waals surface area contributed by atoms with Gasteiger partial charge in [-0.05, 0) is 6.42 Å². The fourth-order valence-corrected chi connectivity index (χ4v) is 1.02. The van der Waals surface area contributed by atoms with Gasteiger partial charge in [0.15, 0.2) is 0 Å². The van der Waals surface area contributed by atoms with Crippen LogP contribution < -0.4 is 0 Å². The SMILES string of the molecule is O/N=C1/CC=CCC1Cl. The van der Waals surface area contributed by atoms with Crippen molar-refractivity contribution in [1.82, 2.24) is 0 Å². The molecule has 0 aromatic heterocycles. The lowest BCUT2D eigenvalue weighted by Gasteiger charge is -2.10. The normalized spacial score (nSPS) is 31.2. The molecule has 0 saturated heterocycles. The lowest BCUT2D eigenvalue weighted by Crippen LogP contribution is -2.15. The Labute approximate surface area is 58.8 Å². The Balaban J connectivity index is 2.64. The van der Waals surface area contributed by atoms with Crippen LogP contribution in [-0.4, -0.2) is 16.3 Å². The van der Waals surface area contributed by atoms with Crippen LogP contribution in [0, 0.1) is 0 Å². The van der Waals surface area contributed by atoms with E-state index < -0.39 is 0 Å². The summed E-state index contributed by atoms with van der Waals surface area (Å²) in [4.78, 5) is 0. The van der Waals surface area contributed by atoms with E-state index in [2.05, 4.69) is 5.16 Å². The summed E-state index contributed by atoms with van der Waals surface area (Å²) in [6.07, 6.45) is 5.41. The fourth-order valence-electron chi connectivity index (χ4n) is 0.787. The molecule has 50 valence electrons. The Kier molecular flexibility index (Phi) is 2.11. The first-order chi connectivity index (χ1) is 4.34. The third kappa shape index (κ3) is 1.45. The molecule has 0 bridgehead atoms. The van der Waals surface area contributed by atoms with Crippen LogP contribution in [0.1, 0.15) is 12.8 Å². The second-order valence-electron chi connectivity index (χ2n) is 1.97. The van der Waals surface area contributed by atoms with Crippen molar-refractivity contribution in [2.24, 2.45) is 5.16 Å². The van der Waals surface area contributed by atoms with E-state index in [-0.39, 0.29) is 5.38 Å². The molecule has 0 heterocycles. The molecule has 0 aliphatic heterocycles. The summed E-state index contributed by atoms with van der Waals surface area (Å²) in [5.74, 6) is 0. The summed E-state index contributed by atoms with van der Waals surface area (Å²) in [6, 6.07) is 0. The molecule has 1 aliphatic rings. The molecular weight excluding hydrogens is 138 g/mol. The van der Waals surface area contributed by atoms with Crippen LogP contribution >= 0.6 is 11.6 Å². The molecule has 0 aromatic rings. The maximum atomic E-state index is 8.33. The number of alkyl halides is 1. The van der Waals surface area contributed by atoms with Gasteiger partial charge in [-0.1, -0.05) is 17.3 Å². The molecule has 0 saturated carbocycles. The van der Waals surface area contributed by atoms with Crippen LogP contribution in [0.3, 0.4) is 0 Å². The van der Waals surface area contributed by atoms with Crippen molar-refractivity contribution in [3.05, 3.63) is 12.2 Å². The van der Waals surface area contributed by atoms with Crippen molar-refractivity contribution < 1.29 is 5.21 Å². The quantitative estimate of drug-likeness (QED) is 0.240. The van der Waals surface area contributed by atoms with Crippen LogP contribution in [0.15, 0.2) is 17.3 Å². The maximum absolute atomic E-state index is 8.33. The molecule has 1 N–H and O–H groups in total. The molecule has 1 atom stereocenters. The van der Waals surface area contributed by atoms with Crippen molar-refractivity contribution in [2.75, 3.05) is 0 Å². The molecule has 0 aromatic carbocycles. The topological polar surface area (TPSA) is 32.6 Å². The molecule has 0 radical (unpaired) electrons. The zero-order valence-corrected chi connectivity index (χ0v) is 5.67. The molecule has 1 unspecified atom stereocenters. The third-order valence-corrected chi connectivity index (χ3v) is 1.76. The molecule has 0 amide bonds. The van der Waals surface area contributed by atoms with Crippen molar-refractivity contribution in [1.29, 1.82) is 0 Å². The van der Waals surface area contributed by atoms with Gasteiger partial charge in [0.1, 0.15) is 0 Å². The van der Waals surface area contributed by atoms with Gasteiger partial charge >= 0.3 is 0 Å². The Morgan fingerprint density at radius 2 is 2.44 bits per heavy atom. The van der Waals surface area contributed by atoms with Crippen molar-refractivity contribution in [3.8, 4) is 0 Å². The molecule has 2 nitrogen and oxygen atoms in total. The summed E-state index contributed by atoms with van der Waals surface area (Å²) in [5.41, 5.74) is 0.666. The standard InChI is InChI=1S/C6H8ClNO/c7-5-3-1-2-4-6(5)8-9/h1-2,5,9H,3-4H2/b8-6-. The van der Waals surface area contributed by atoms with E-state index in [1.165, 1.54) is 0 Å². The van der Waals surface area contributed by atoms with E-state index in [1.807, 2.05) is 12.2 Å². The minimum absolute atomic E-state index is 0.0972. The summed E-state index contributed by atoms with van der Waals surface area (Å²) in [5, 5.41) is 11.3. The van der Waals surface area contributed by atoms with Crippen molar-refractivity contribution in [3.63, 3.8) is 0 Å². The fraction of sp³-hybridized carbons (Fsp3) is 0.500. The molecule has 1 rings (SSSR count). The Hall–Kier alpha value is -0.500. The summed E-state index contributed by atoms with van der Waals surface area (Å²) < 4.78 is 0. The van der Waals surface area contributed by atoms with Gasteiger partial charge in [0, 0.05) is 6.42 Å². The zero-order chi connectivity index (χ0) is 6.69. The first kappa shape index (κ1) is 6.62. The average Bonchev–Trinajstić information content (AvgIpc) is 1.89. The van der Waals surface area contributed by atoms with Gasteiger partial charge in [0.05, 0.1) is 11.1 Å². The molecule has 9 heavy (non-hydrogen) atoms. The van der Waals surface area contributed by atoms with E-state index in [4.69, 9.17) is 16.8 Å². The van der Waals surface area contributed by atoms with E-state index in [9.17, 15) is 0 Å². The lowest BCUT2D eigenvalue weighted by atomic mass is 10.1. The van der Waals surface area contributed by atoms with E-state index in [0.717, 1.165) is 6.42 Å². The highest BCUT2D eigenvalue weighted by molar-refractivity contribution is 6.32. The van der Waals surface area contributed by atoms with Crippen LogP contribution in [-0.2, 0) is 0 Å². The number of allylic oxidation sites excluding steroid dienone is 2. The smallest absolute Gasteiger partial charge is 0.0789 e. The van der Waals surface area contributed by atoms with E-state index in [1.54, 1.807) is 0 Å². The highest BCUT2D eigenvalue weighted by Crippen LogP contribution is 2.13. The van der Waals surface area contributed by atoms with Gasteiger partial charge in [-0.15, -0.1) is 11.6 Å². The second-order valence-corrected chi connectivity index (χ2v) is 2.50. The van der Waals surface area contributed by atoms with Crippen molar-refractivity contribution in [2.45, 2.75) is 18.2 Å². The summed E-state index contributed by atoms with van der Waals surface area (Å²) in [7, 11) is 0. The largest absolute Gasteiger partial charge is 0.411 e. The van der Waals surface area contributed by atoms with Gasteiger partial charge in [-0.3, -0.25) is 0 Å². The third-order valence-electron chi connectivity index (χ3n) is 1.33. The Morgan fingerprint density at radius 1 is 1.67 bits per heavy atom. The number of hydrogen-bond donors (Lipinski definition) is 1. The number of rotatable bonds is 0. The number of oxime groups is 1. The van der Waals surface area contributed by atoms with E-state index >= 15 is 0 Å². The van der Waals surface area contributed by atoms with Crippen LogP contribution in [0.25, 0.3) is 0 Å². The molecular formula is C6H8ClNO. The van der Waals surface area contributed by atoms with Gasteiger partial charge in [0.25, 0.3) is 0 Å². The predicted molar refractivity (Wildman–Crippen MR) is 37.2 cm³/mol. The predicted octanol–water partition coefficient (Wildman–Crippen LogP) is 1.77. The molecule has 3 heteroatoms.